The minimum Gasteiger partial charge on any atom is -0.360 e. The van der Waals surface area contributed by atoms with Gasteiger partial charge in [0, 0.05) is 11.8 Å². The Balaban J connectivity index is 2.20. The number of hydrogen-bond donors (Lipinski definition) is 2. The van der Waals surface area contributed by atoms with Crippen molar-refractivity contribution in [1.82, 2.24) is 25.6 Å². The van der Waals surface area contributed by atoms with Crippen molar-refractivity contribution in [3.05, 3.63) is 33.8 Å². The van der Waals surface area contributed by atoms with Gasteiger partial charge in [-0.05, 0) is 13.8 Å². The van der Waals surface area contributed by atoms with E-state index in [0.717, 1.165) is 0 Å². The molecule has 18 heavy (non-hydrogen) atoms. The molecule has 0 saturated heterocycles. The monoisotopic (exact) mass is 249 g/mol. The number of nitrogens with one attached hydrogen (secondary N) is 2. The van der Waals surface area contributed by atoms with Gasteiger partial charge < -0.3 is 5.32 Å². The number of aromatic nitrogens is 5. The van der Waals surface area contributed by atoms with Crippen LogP contribution in [-0.4, -0.2) is 30.5 Å². The van der Waals surface area contributed by atoms with E-state index in [9.17, 15) is 10.1 Å². The second kappa shape index (κ2) is 4.73. The summed E-state index contributed by atoms with van der Waals surface area (Å²) in [4.78, 5) is 14.4. The van der Waals surface area contributed by atoms with Gasteiger partial charge in [-0.2, -0.15) is 5.21 Å². The molecule has 0 aromatic carbocycles. The molecular formula is C9H11N7O2. The molecule has 0 aliphatic rings. The van der Waals surface area contributed by atoms with E-state index < -0.39 is 4.92 Å². The number of nitrogens with zero attached hydrogens (tertiary/aromatic N) is 5. The second-order valence-electron chi connectivity index (χ2n) is 3.75. The first-order chi connectivity index (χ1) is 8.58. The predicted molar refractivity (Wildman–Crippen MR) is 61.8 cm³/mol. The van der Waals surface area contributed by atoms with Gasteiger partial charge in [0.25, 0.3) is 5.69 Å². The van der Waals surface area contributed by atoms with Crippen molar-refractivity contribution in [2.24, 2.45) is 0 Å². The fraction of sp³-hybridized carbons (Fsp3) is 0.333. The third-order valence-corrected chi connectivity index (χ3v) is 2.38. The van der Waals surface area contributed by atoms with Crippen LogP contribution >= 0.6 is 0 Å². The average molecular weight is 249 g/mol. The van der Waals surface area contributed by atoms with Crippen molar-refractivity contribution in [2.45, 2.75) is 19.9 Å². The second-order valence-corrected chi connectivity index (χ2v) is 3.75. The lowest BCUT2D eigenvalue weighted by molar-refractivity contribution is -0.385. The van der Waals surface area contributed by atoms with E-state index in [4.69, 9.17) is 0 Å². The Bertz CT molecular complexity index is 554. The van der Waals surface area contributed by atoms with Crippen LogP contribution in [0.1, 0.15) is 24.4 Å². The summed E-state index contributed by atoms with van der Waals surface area (Å²) < 4.78 is 0. The largest absolute Gasteiger partial charge is 0.360 e. The summed E-state index contributed by atoms with van der Waals surface area (Å²) >= 11 is 0. The first kappa shape index (κ1) is 11.9. The van der Waals surface area contributed by atoms with E-state index in [1.165, 1.54) is 12.3 Å². The molecule has 2 aromatic rings. The summed E-state index contributed by atoms with van der Waals surface area (Å²) in [6.45, 7) is 3.44. The van der Waals surface area contributed by atoms with Gasteiger partial charge in [0.15, 0.2) is 5.82 Å². The van der Waals surface area contributed by atoms with Gasteiger partial charge in [-0.25, -0.2) is 4.98 Å². The van der Waals surface area contributed by atoms with Crippen molar-refractivity contribution in [2.75, 3.05) is 5.32 Å². The van der Waals surface area contributed by atoms with Crippen LogP contribution in [0.4, 0.5) is 11.5 Å². The Hall–Kier alpha value is -2.58. The van der Waals surface area contributed by atoms with E-state index >= 15 is 0 Å². The zero-order valence-electron chi connectivity index (χ0n) is 9.78. The highest BCUT2D eigenvalue weighted by Crippen LogP contribution is 2.22. The van der Waals surface area contributed by atoms with E-state index in [2.05, 4.69) is 30.9 Å². The number of anilines is 1. The SMILES string of the molecule is Cc1cnc(NC(C)c2nn[nH]n2)cc1[N+](=O)[O-]. The molecule has 1 unspecified atom stereocenters. The number of aryl methyl sites for hydroxylation is 1. The van der Waals surface area contributed by atoms with Crippen LogP contribution in [0.25, 0.3) is 0 Å². The molecule has 0 amide bonds. The molecule has 2 heterocycles. The fourth-order valence-corrected chi connectivity index (χ4v) is 1.43. The Kier molecular flexibility index (Phi) is 3.13. The summed E-state index contributed by atoms with van der Waals surface area (Å²) in [5.41, 5.74) is 0.533. The van der Waals surface area contributed by atoms with Crippen LogP contribution in [-0.2, 0) is 0 Å². The third kappa shape index (κ3) is 2.39. The Morgan fingerprint density at radius 1 is 1.56 bits per heavy atom. The molecule has 0 aliphatic heterocycles. The normalized spacial score (nSPS) is 12.1. The number of rotatable bonds is 4. The van der Waals surface area contributed by atoms with Gasteiger partial charge in [0.05, 0.1) is 17.0 Å². The molecule has 0 fully saturated rings. The average Bonchev–Trinajstić information content (AvgIpc) is 2.85. The smallest absolute Gasteiger partial charge is 0.277 e. The molecule has 2 N–H and O–H groups in total. The van der Waals surface area contributed by atoms with Gasteiger partial charge >= 0.3 is 0 Å². The maximum Gasteiger partial charge on any atom is 0.277 e. The molecule has 2 rings (SSSR count). The number of aromatic amines is 1. The van der Waals surface area contributed by atoms with Gasteiger partial charge in [0.2, 0.25) is 0 Å². The minimum atomic E-state index is -0.443. The minimum absolute atomic E-state index is 0.0211. The maximum atomic E-state index is 10.8. The van der Waals surface area contributed by atoms with E-state index in [1.54, 1.807) is 13.8 Å². The molecule has 0 spiro atoms. The Labute approximate surface area is 102 Å². The molecule has 9 heteroatoms. The van der Waals surface area contributed by atoms with E-state index in [1.807, 2.05) is 0 Å². The van der Waals surface area contributed by atoms with Crippen molar-refractivity contribution in [3.8, 4) is 0 Å². The lowest BCUT2D eigenvalue weighted by Gasteiger charge is -2.10. The van der Waals surface area contributed by atoms with Crippen LogP contribution in [0.5, 0.6) is 0 Å². The highest BCUT2D eigenvalue weighted by molar-refractivity contribution is 5.49. The summed E-state index contributed by atoms with van der Waals surface area (Å²) in [6.07, 6.45) is 1.45. The molecule has 0 radical (unpaired) electrons. The van der Waals surface area contributed by atoms with Crippen LogP contribution < -0.4 is 5.32 Å². The zero-order valence-corrected chi connectivity index (χ0v) is 9.78. The molecule has 1 atom stereocenters. The molecule has 2 aromatic heterocycles. The molecular weight excluding hydrogens is 238 g/mol. The van der Waals surface area contributed by atoms with Gasteiger partial charge in [-0.1, -0.05) is 5.21 Å². The van der Waals surface area contributed by atoms with Crippen LogP contribution in [0.3, 0.4) is 0 Å². The molecule has 94 valence electrons. The molecule has 0 saturated carbocycles. The zero-order chi connectivity index (χ0) is 13.1. The van der Waals surface area contributed by atoms with Gasteiger partial charge in [-0.15, -0.1) is 10.2 Å². The predicted octanol–water partition coefficient (Wildman–Crippen LogP) is 0.984. The number of tetrazole rings is 1. The Morgan fingerprint density at radius 3 is 2.94 bits per heavy atom. The van der Waals surface area contributed by atoms with Crippen LogP contribution in [0, 0.1) is 17.0 Å². The lowest BCUT2D eigenvalue weighted by atomic mass is 10.2. The van der Waals surface area contributed by atoms with Gasteiger partial charge in [0.1, 0.15) is 5.82 Å². The fourth-order valence-electron chi connectivity index (χ4n) is 1.43. The standard InChI is InChI=1S/C9H11N7O2/c1-5-4-10-8(3-7(5)16(17)18)11-6(2)9-12-14-15-13-9/h3-4,6H,1-2H3,(H,10,11)(H,12,13,14,15). The summed E-state index contributed by atoms with van der Waals surface area (Å²) in [6, 6.07) is 1.13. The third-order valence-electron chi connectivity index (χ3n) is 2.38. The number of hydrogen-bond acceptors (Lipinski definition) is 7. The van der Waals surface area contributed by atoms with Gasteiger partial charge in [-0.3, -0.25) is 10.1 Å². The quantitative estimate of drug-likeness (QED) is 0.611. The van der Waals surface area contributed by atoms with Crippen molar-refractivity contribution in [3.63, 3.8) is 0 Å². The summed E-state index contributed by atoms with van der Waals surface area (Å²) in [5, 5.41) is 27.2. The number of nitro groups is 1. The topological polar surface area (TPSA) is 123 Å². The van der Waals surface area contributed by atoms with Crippen molar-refractivity contribution in [1.29, 1.82) is 0 Å². The highest BCUT2D eigenvalue weighted by Gasteiger charge is 2.15. The number of H-pyrrole nitrogens is 1. The van der Waals surface area contributed by atoms with Crippen LogP contribution in [0.2, 0.25) is 0 Å². The highest BCUT2D eigenvalue weighted by atomic mass is 16.6. The summed E-state index contributed by atoms with van der Waals surface area (Å²) in [7, 11) is 0. The van der Waals surface area contributed by atoms with Crippen molar-refractivity contribution < 1.29 is 4.92 Å². The maximum absolute atomic E-state index is 10.8. The molecule has 9 nitrogen and oxygen atoms in total. The first-order valence-corrected chi connectivity index (χ1v) is 5.19. The van der Waals surface area contributed by atoms with Crippen LogP contribution in [0.15, 0.2) is 12.3 Å². The molecule has 0 aliphatic carbocycles. The van der Waals surface area contributed by atoms with E-state index in [0.29, 0.717) is 17.2 Å². The van der Waals surface area contributed by atoms with Crippen molar-refractivity contribution >= 4 is 11.5 Å². The Morgan fingerprint density at radius 2 is 2.33 bits per heavy atom. The first-order valence-electron chi connectivity index (χ1n) is 5.19. The number of pyridine rings is 1. The van der Waals surface area contributed by atoms with E-state index in [-0.39, 0.29) is 11.7 Å². The lowest BCUT2D eigenvalue weighted by Crippen LogP contribution is -2.10. The summed E-state index contributed by atoms with van der Waals surface area (Å²) in [5.74, 6) is 0.852. The molecule has 0 bridgehead atoms.